The van der Waals surface area contributed by atoms with Crippen molar-refractivity contribution >= 4 is 17.6 Å². The van der Waals surface area contributed by atoms with Crippen LogP contribution in [0.1, 0.15) is 30.9 Å². The minimum absolute atomic E-state index is 0.0465. The number of piperazine rings is 1. The quantitative estimate of drug-likeness (QED) is 0.914. The Morgan fingerprint density at radius 1 is 1.24 bits per heavy atom. The highest BCUT2D eigenvalue weighted by atomic mass is 16.5. The van der Waals surface area contributed by atoms with Crippen LogP contribution in [0.2, 0.25) is 0 Å². The van der Waals surface area contributed by atoms with Gasteiger partial charge in [-0.3, -0.25) is 4.79 Å². The van der Waals surface area contributed by atoms with Gasteiger partial charge in [-0.15, -0.1) is 0 Å². The predicted octanol–water partition coefficient (Wildman–Crippen LogP) is 2.23. The van der Waals surface area contributed by atoms with Crippen molar-refractivity contribution in [1.29, 1.82) is 0 Å². The molecule has 0 spiro atoms. The average molecular weight is 345 g/mol. The van der Waals surface area contributed by atoms with Gasteiger partial charge >= 0.3 is 6.03 Å². The summed E-state index contributed by atoms with van der Waals surface area (Å²) >= 11 is 0. The molecule has 1 N–H and O–H groups in total. The van der Waals surface area contributed by atoms with Crippen LogP contribution in [0.4, 0.5) is 10.5 Å². The van der Waals surface area contributed by atoms with Gasteiger partial charge in [0.1, 0.15) is 6.54 Å². The van der Waals surface area contributed by atoms with Crippen LogP contribution in [-0.4, -0.2) is 55.2 Å². The van der Waals surface area contributed by atoms with E-state index in [-0.39, 0.29) is 24.1 Å². The number of hydrogen-bond donors (Lipinski definition) is 1. The molecule has 3 rings (SSSR count). The third-order valence-corrected chi connectivity index (χ3v) is 4.94. The summed E-state index contributed by atoms with van der Waals surface area (Å²) in [4.78, 5) is 28.3. The number of hydrogen-bond acceptors (Lipinski definition) is 3. The van der Waals surface area contributed by atoms with Gasteiger partial charge < -0.3 is 19.9 Å². The van der Waals surface area contributed by atoms with Gasteiger partial charge in [-0.25, -0.2) is 4.79 Å². The molecule has 6 nitrogen and oxygen atoms in total. The van der Waals surface area contributed by atoms with Crippen molar-refractivity contribution in [3.05, 3.63) is 29.3 Å². The van der Waals surface area contributed by atoms with Crippen LogP contribution < -0.4 is 10.2 Å². The number of amides is 3. The SMILES string of the molecule is Cc1cc(C)cc(N2CCN(C(=O)NC[C@]3(C)CCCO3)CC2=O)c1. The molecular weight excluding hydrogens is 318 g/mol. The van der Waals surface area contributed by atoms with E-state index in [1.165, 1.54) is 0 Å². The number of nitrogens with one attached hydrogen (secondary N) is 1. The Labute approximate surface area is 149 Å². The predicted molar refractivity (Wildman–Crippen MR) is 96.8 cm³/mol. The molecule has 0 aliphatic carbocycles. The molecule has 0 bridgehead atoms. The summed E-state index contributed by atoms with van der Waals surface area (Å²) in [6, 6.07) is 5.92. The highest BCUT2D eigenvalue weighted by molar-refractivity contribution is 5.97. The van der Waals surface area contributed by atoms with Crippen molar-refractivity contribution in [2.75, 3.05) is 37.7 Å². The lowest BCUT2D eigenvalue weighted by molar-refractivity contribution is -0.120. The molecule has 2 aliphatic heterocycles. The van der Waals surface area contributed by atoms with Crippen LogP contribution in [0.25, 0.3) is 0 Å². The van der Waals surface area contributed by atoms with Gasteiger partial charge in [0.05, 0.1) is 5.60 Å². The van der Waals surface area contributed by atoms with E-state index in [2.05, 4.69) is 11.4 Å². The molecule has 136 valence electrons. The van der Waals surface area contributed by atoms with Gasteiger partial charge in [0.15, 0.2) is 0 Å². The minimum Gasteiger partial charge on any atom is -0.373 e. The third kappa shape index (κ3) is 4.12. The maximum Gasteiger partial charge on any atom is 0.318 e. The summed E-state index contributed by atoms with van der Waals surface area (Å²) < 4.78 is 5.69. The van der Waals surface area contributed by atoms with E-state index in [0.29, 0.717) is 19.6 Å². The Kier molecular flexibility index (Phi) is 4.99. The molecule has 1 aromatic rings. The van der Waals surface area contributed by atoms with Gasteiger partial charge in [0, 0.05) is 31.9 Å². The third-order valence-electron chi connectivity index (χ3n) is 4.94. The number of carbonyl (C=O) groups is 2. The van der Waals surface area contributed by atoms with Gasteiger partial charge in [0.25, 0.3) is 0 Å². The molecular formula is C19H27N3O3. The molecule has 6 heteroatoms. The number of aryl methyl sites for hydroxylation is 2. The second-order valence-corrected chi connectivity index (χ2v) is 7.37. The smallest absolute Gasteiger partial charge is 0.318 e. The largest absolute Gasteiger partial charge is 0.373 e. The molecule has 2 heterocycles. The van der Waals surface area contributed by atoms with Crippen LogP contribution in [0.5, 0.6) is 0 Å². The van der Waals surface area contributed by atoms with Gasteiger partial charge in [0.2, 0.25) is 5.91 Å². The fourth-order valence-corrected chi connectivity index (χ4v) is 3.58. The van der Waals surface area contributed by atoms with E-state index >= 15 is 0 Å². The number of rotatable bonds is 3. The van der Waals surface area contributed by atoms with Crippen LogP contribution in [0, 0.1) is 13.8 Å². The second kappa shape index (κ2) is 7.04. The molecule has 1 atom stereocenters. The monoisotopic (exact) mass is 345 g/mol. The zero-order valence-electron chi connectivity index (χ0n) is 15.3. The number of urea groups is 1. The normalized spacial score (nSPS) is 23.9. The van der Waals surface area contributed by atoms with E-state index in [1.54, 1.807) is 9.80 Å². The molecule has 2 aliphatic rings. The van der Waals surface area contributed by atoms with Crippen molar-refractivity contribution < 1.29 is 14.3 Å². The minimum atomic E-state index is -0.277. The molecule has 0 aromatic heterocycles. The van der Waals surface area contributed by atoms with Gasteiger partial charge in [-0.05, 0) is 56.9 Å². The first kappa shape index (κ1) is 17.7. The molecule has 2 saturated heterocycles. The zero-order chi connectivity index (χ0) is 18.0. The molecule has 1 aromatic carbocycles. The number of ether oxygens (including phenoxy) is 1. The summed E-state index contributed by atoms with van der Waals surface area (Å²) in [6.07, 6.45) is 1.98. The lowest BCUT2D eigenvalue weighted by Crippen LogP contribution is -2.56. The van der Waals surface area contributed by atoms with Gasteiger partial charge in [-0.2, -0.15) is 0 Å². The van der Waals surface area contributed by atoms with Crippen molar-refractivity contribution in [2.24, 2.45) is 0 Å². The lowest BCUT2D eigenvalue weighted by atomic mass is 10.0. The summed E-state index contributed by atoms with van der Waals surface area (Å²) in [6.45, 7) is 8.45. The van der Waals surface area contributed by atoms with Gasteiger partial charge in [-0.1, -0.05) is 6.07 Å². The highest BCUT2D eigenvalue weighted by Gasteiger charge is 2.32. The van der Waals surface area contributed by atoms with Crippen molar-refractivity contribution in [3.8, 4) is 0 Å². The van der Waals surface area contributed by atoms with Crippen LogP contribution in [-0.2, 0) is 9.53 Å². The van der Waals surface area contributed by atoms with Crippen LogP contribution in [0.15, 0.2) is 18.2 Å². The average Bonchev–Trinajstić information content (AvgIpc) is 2.98. The molecule has 2 fully saturated rings. The molecule has 0 unspecified atom stereocenters. The maximum atomic E-state index is 12.5. The highest BCUT2D eigenvalue weighted by Crippen LogP contribution is 2.24. The topological polar surface area (TPSA) is 61.9 Å². The molecule has 3 amide bonds. The van der Waals surface area contributed by atoms with Crippen LogP contribution >= 0.6 is 0 Å². The fourth-order valence-electron chi connectivity index (χ4n) is 3.58. The first-order chi connectivity index (χ1) is 11.9. The Balaban J connectivity index is 1.57. The second-order valence-electron chi connectivity index (χ2n) is 7.37. The van der Waals surface area contributed by atoms with E-state index < -0.39 is 0 Å². The maximum absolute atomic E-state index is 12.5. The Morgan fingerprint density at radius 2 is 1.96 bits per heavy atom. The number of nitrogens with zero attached hydrogens (tertiary/aromatic N) is 2. The van der Waals surface area contributed by atoms with E-state index in [9.17, 15) is 9.59 Å². The first-order valence-corrected chi connectivity index (χ1v) is 8.92. The van der Waals surface area contributed by atoms with E-state index in [4.69, 9.17) is 4.74 Å². The first-order valence-electron chi connectivity index (χ1n) is 8.92. The standard InChI is InChI=1S/C19H27N3O3/c1-14-9-15(2)11-16(10-14)22-7-6-21(12-17(22)23)18(24)20-13-19(3)5-4-8-25-19/h9-11H,4-8,12-13H2,1-3H3,(H,20,24)/t19-/m0/s1. The number of anilines is 1. The zero-order valence-corrected chi connectivity index (χ0v) is 15.3. The van der Waals surface area contributed by atoms with E-state index in [0.717, 1.165) is 36.3 Å². The molecule has 0 saturated carbocycles. The molecule has 0 radical (unpaired) electrons. The van der Waals surface area contributed by atoms with Crippen molar-refractivity contribution in [3.63, 3.8) is 0 Å². The summed E-state index contributed by atoms with van der Waals surface area (Å²) in [7, 11) is 0. The van der Waals surface area contributed by atoms with E-state index in [1.807, 2.05) is 32.9 Å². The number of benzene rings is 1. The van der Waals surface area contributed by atoms with Crippen LogP contribution in [0.3, 0.4) is 0 Å². The van der Waals surface area contributed by atoms with Crippen molar-refractivity contribution in [2.45, 2.75) is 39.2 Å². The Bertz CT molecular complexity index is 648. The summed E-state index contributed by atoms with van der Waals surface area (Å²) in [5, 5.41) is 2.92. The Morgan fingerprint density at radius 3 is 2.56 bits per heavy atom. The Hall–Kier alpha value is -2.08. The summed E-state index contributed by atoms with van der Waals surface area (Å²) in [5.41, 5.74) is 2.90. The fraction of sp³-hybridized carbons (Fsp3) is 0.579. The number of carbonyl (C=O) groups excluding carboxylic acids is 2. The summed E-state index contributed by atoms with van der Waals surface area (Å²) in [5.74, 6) is -0.0465. The molecule has 25 heavy (non-hydrogen) atoms. The lowest BCUT2D eigenvalue weighted by Gasteiger charge is -2.35. The van der Waals surface area contributed by atoms with Crippen molar-refractivity contribution in [1.82, 2.24) is 10.2 Å².